The minimum Gasteiger partial charge on any atom is -0.467 e. The normalized spacial score (nSPS) is 17.5. The first-order valence-electron chi connectivity index (χ1n) is 7.95. The van der Waals surface area contributed by atoms with Gasteiger partial charge in [-0.1, -0.05) is 18.1 Å². The number of amides is 1. The molecule has 0 saturated carbocycles. The summed E-state index contributed by atoms with van der Waals surface area (Å²) >= 11 is 0. The molecular weight excluding hydrogens is 302 g/mol. The number of carbonyl (C=O) groups excluding carboxylic acids is 1. The van der Waals surface area contributed by atoms with Gasteiger partial charge in [0.15, 0.2) is 0 Å². The summed E-state index contributed by atoms with van der Waals surface area (Å²) < 4.78 is 7.40. The number of para-hydroxylation sites is 2. The molecule has 0 unspecified atom stereocenters. The summed E-state index contributed by atoms with van der Waals surface area (Å²) in [4.78, 5) is 18.9. The smallest absolute Gasteiger partial charge is 0.223 e. The number of terminal acetylenes is 1. The van der Waals surface area contributed by atoms with Gasteiger partial charge in [0.2, 0.25) is 5.91 Å². The lowest BCUT2D eigenvalue weighted by molar-refractivity contribution is -0.128. The van der Waals surface area contributed by atoms with Gasteiger partial charge in [0.1, 0.15) is 11.6 Å². The van der Waals surface area contributed by atoms with Gasteiger partial charge in [-0.3, -0.25) is 4.79 Å². The molecule has 2 aromatic heterocycles. The molecule has 1 saturated heterocycles. The topological polar surface area (TPSA) is 51.3 Å². The fourth-order valence-corrected chi connectivity index (χ4v) is 3.35. The Morgan fingerprint density at radius 2 is 2.17 bits per heavy atom. The van der Waals surface area contributed by atoms with Crippen LogP contribution in [0.1, 0.15) is 23.9 Å². The highest BCUT2D eigenvalue weighted by atomic mass is 16.3. The fraction of sp³-hybridized carbons (Fsp3) is 0.263. The zero-order valence-corrected chi connectivity index (χ0v) is 13.2. The Labute approximate surface area is 139 Å². The number of benzene rings is 1. The predicted octanol–water partition coefficient (Wildman–Crippen LogP) is 2.78. The van der Waals surface area contributed by atoms with Crippen LogP contribution in [0.2, 0.25) is 0 Å². The number of hydrogen-bond donors (Lipinski definition) is 0. The Morgan fingerprint density at radius 1 is 1.29 bits per heavy atom. The molecule has 3 aromatic rings. The zero-order chi connectivity index (χ0) is 16.5. The van der Waals surface area contributed by atoms with Crippen LogP contribution >= 0.6 is 0 Å². The number of rotatable bonds is 4. The molecular formula is C19H17N3O2. The highest BCUT2D eigenvalue weighted by molar-refractivity contribution is 5.80. The Hall–Kier alpha value is -3.00. The molecule has 1 atom stereocenters. The van der Waals surface area contributed by atoms with Gasteiger partial charge in [0.05, 0.1) is 30.4 Å². The summed E-state index contributed by atoms with van der Waals surface area (Å²) in [7, 11) is 0. The summed E-state index contributed by atoms with van der Waals surface area (Å²) in [6, 6.07) is 11.6. The molecule has 5 heteroatoms. The standard InChI is InChI=1S/C19H17N3O2/c1-2-9-22-17-8-4-3-7-16(17)20-19(22)14-11-18(23)21(12-14)13-15-6-5-10-24-15/h1,3-8,10,14H,9,11-13H2/t14-/m0/s1. The first-order valence-corrected chi connectivity index (χ1v) is 7.95. The average molecular weight is 319 g/mol. The minimum absolute atomic E-state index is 0.0493. The summed E-state index contributed by atoms with van der Waals surface area (Å²) in [5, 5.41) is 0. The molecule has 0 radical (unpaired) electrons. The molecule has 4 rings (SSSR count). The maximum absolute atomic E-state index is 12.4. The molecule has 0 N–H and O–H groups in total. The van der Waals surface area contributed by atoms with E-state index < -0.39 is 0 Å². The zero-order valence-electron chi connectivity index (χ0n) is 13.2. The van der Waals surface area contributed by atoms with E-state index in [2.05, 4.69) is 5.92 Å². The predicted molar refractivity (Wildman–Crippen MR) is 90.0 cm³/mol. The van der Waals surface area contributed by atoms with Crippen molar-refractivity contribution in [1.82, 2.24) is 14.5 Å². The van der Waals surface area contributed by atoms with Crippen molar-refractivity contribution in [1.29, 1.82) is 0 Å². The van der Waals surface area contributed by atoms with Gasteiger partial charge in [-0.15, -0.1) is 6.42 Å². The van der Waals surface area contributed by atoms with Gasteiger partial charge in [-0.25, -0.2) is 4.98 Å². The van der Waals surface area contributed by atoms with Crippen molar-refractivity contribution in [2.24, 2.45) is 0 Å². The van der Waals surface area contributed by atoms with Gasteiger partial charge in [0.25, 0.3) is 0 Å². The van der Waals surface area contributed by atoms with E-state index in [1.165, 1.54) is 0 Å². The summed E-state index contributed by atoms with van der Waals surface area (Å²) in [5.41, 5.74) is 1.93. The van der Waals surface area contributed by atoms with E-state index >= 15 is 0 Å². The fourth-order valence-electron chi connectivity index (χ4n) is 3.35. The average Bonchev–Trinajstić information content (AvgIpc) is 3.29. The van der Waals surface area contributed by atoms with Crippen molar-refractivity contribution in [2.75, 3.05) is 6.54 Å². The second-order valence-electron chi connectivity index (χ2n) is 6.00. The van der Waals surface area contributed by atoms with E-state index in [1.807, 2.05) is 45.9 Å². The molecule has 5 nitrogen and oxygen atoms in total. The van der Waals surface area contributed by atoms with E-state index in [0.29, 0.717) is 26.1 Å². The third kappa shape index (κ3) is 2.46. The molecule has 1 aliphatic rings. The lowest BCUT2D eigenvalue weighted by Crippen LogP contribution is -2.24. The van der Waals surface area contributed by atoms with Crippen LogP contribution in [0, 0.1) is 12.3 Å². The van der Waals surface area contributed by atoms with Crippen LogP contribution in [0.4, 0.5) is 0 Å². The van der Waals surface area contributed by atoms with Crippen LogP contribution in [0.25, 0.3) is 11.0 Å². The molecule has 0 aliphatic carbocycles. The van der Waals surface area contributed by atoms with Crippen LogP contribution in [0.15, 0.2) is 47.1 Å². The Balaban J connectivity index is 1.64. The molecule has 3 heterocycles. The monoisotopic (exact) mass is 319 g/mol. The van der Waals surface area contributed by atoms with Crippen molar-refractivity contribution in [3.05, 3.63) is 54.2 Å². The maximum atomic E-state index is 12.4. The van der Waals surface area contributed by atoms with Crippen molar-refractivity contribution in [2.45, 2.75) is 25.4 Å². The number of nitrogens with zero attached hydrogens (tertiary/aromatic N) is 3. The molecule has 1 aliphatic heterocycles. The lowest BCUT2D eigenvalue weighted by Gasteiger charge is -2.15. The van der Waals surface area contributed by atoms with E-state index in [9.17, 15) is 4.79 Å². The van der Waals surface area contributed by atoms with Gasteiger partial charge < -0.3 is 13.9 Å². The van der Waals surface area contributed by atoms with Crippen molar-refractivity contribution in [3.63, 3.8) is 0 Å². The van der Waals surface area contributed by atoms with Crippen LogP contribution in [0.5, 0.6) is 0 Å². The van der Waals surface area contributed by atoms with E-state index in [1.54, 1.807) is 6.26 Å². The SMILES string of the molecule is C#CCn1c([C@H]2CC(=O)N(Cc3ccco3)C2)nc2ccccc21. The van der Waals surface area contributed by atoms with E-state index in [0.717, 1.165) is 22.6 Å². The first-order chi connectivity index (χ1) is 11.8. The molecule has 1 aromatic carbocycles. The van der Waals surface area contributed by atoms with Crippen LogP contribution in [0.3, 0.4) is 0 Å². The second kappa shape index (κ2) is 5.89. The lowest BCUT2D eigenvalue weighted by atomic mass is 10.1. The Bertz CT molecular complexity index is 918. The number of fused-ring (bicyclic) bond motifs is 1. The van der Waals surface area contributed by atoms with Crippen LogP contribution in [-0.2, 0) is 17.9 Å². The first kappa shape index (κ1) is 14.6. The number of imidazole rings is 1. The maximum Gasteiger partial charge on any atom is 0.223 e. The number of furan rings is 1. The van der Waals surface area contributed by atoms with Crippen molar-refractivity contribution < 1.29 is 9.21 Å². The van der Waals surface area contributed by atoms with Crippen LogP contribution < -0.4 is 0 Å². The largest absolute Gasteiger partial charge is 0.467 e. The molecule has 0 bridgehead atoms. The van der Waals surface area contributed by atoms with E-state index in [-0.39, 0.29) is 11.8 Å². The number of carbonyl (C=O) groups is 1. The van der Waals surface area contributed by atoms with Gasteiger partial charge in [-0.2, -0.15) is 0 Å². The molecule has 1 amide bonds. The Kier molecular flexibility index (Phi) is 3.58. The van der Waals surface area contributed by atoms with Crippen molar-refractivity contribution >= 4 is 16.9 Å². The summed E-state index contributed by atoms with van der Waals surface area (Å²) in [5.74, 6) is 4.55. The number of likely N-dealkylation sites (tertiary alicyclic amines) is 1. The Morgan fingerprint density at radius 3 is 2.96 bits per heavy atom. The van der Waals surface area contributed by atoms with Gasteiger partial charge >= 0.3 is 0 Å². The molecule has 120 valence electrons. The van der Waals surface area contributed by atoms with Crippen LogP contribution in [-0.4, -0.2) is 26.9 Å². The summed E-state index contributed by atoms with van der Waals surface area (Å²) in [6.45, 7) is 1.59. The third-order valence-electron chi connectivity index (χ3n) is 4.44. The van der Waals surface area contributed by atoms with E-state index in [4.69, 9.17) is 15.8 Å². The van der Waals surface area contributed by atoms with Gasteiger partial charge in [-0.05, 0) is 24.3 Å². The third-order valence-corrected chi connectivity index (χ3v) is 4.44. The highest BCUT2D eigenvalue weighted by Gasteiger charge is 2.34. The highest BCUT2D eigenvalue weighted by Crippen LogP contribution is 2.31. The number of hydrogen-bond acceptors (Lipinski definition) is 3. The quantitative estimate of drug-likeness (QED) is 0.695. The molecule has 1 fully saturated rings. The number of aromatic nitrogens is 2. The second-order valence-corrected chi connectivity index (χ2v) is 6.00. The molecule has 0 spiro atoms. The molecule has 24 heavy (non-hydrogen) atoms. The summed E-state index contributed by atoms with van der Waals surface area (Å²) in [6.07, 6.45) is 7.61. The van der Waals surface area contributed by atoms with Gasteiger partial charge in [0, 0.05) is 18.9 Å². The van der Waals surface area contributed by atoms with Crippen molar-refractivity contribution in [3.8, 4) is 12.3 Å². The minimum atomic E-state index is 0.0493.